The third kappa shape index (κ3) is 1.28. The minimum Gasteiger partial charge on any atom is -0.381 e. The van der Waals surface area contributed by atoms with Gasteiger partial charge in [-0.1, -0.05) is 0 Å². The molecule has 0 aromatic carbocycles. The van der Waals surface area contributed by atoms with E-state index in [0.717, 1.165) is 24.0 Å². The van der Waals surface area contributed by atoms with Gasteiger partial charge in [0.15, 0.2) is 5.65 Å². The van der Waals surface area contributed by atoms with Crippen molar-refractivity contribution in [1.82, 2.24) is 14.5 Å². The fraction of sp³-hybridized carbons (Fsp3) is 0.455. The Labute approximate surface area is 93.2 Å². The van der Waals surface area contributed by atoms with E-state index in [2.05, 4.69) is 9.97 Å². The molecule has 0 bridgehead atoms. The van der Waals surface area contributed by atoms with Gasteiger partial charge in [0.05, 0.1) is 6.10 Å². The molecule has 1 aliphatic rings. The number of nitrogen functional groups attached to an aromatic ring is 1. The first-order valence-corrected chi connectivity index (χ1v) is 5.41. The zero-order chi connectivity index (χ0) is 11.1. The molecule has 3 rings (SSSR count). The fourth-order valence-corrected chi connectivity index (χ4v) is 2.25. The van der Waals surface area contributed by atoms with E-state index in [1.165, 1.54) is 0 Å². The molecule has 1 aliphatic carbocycles. The molecule has 0 atom stereocenters. The van der Waals surface area contributed by atoms with E-state index in [9.17, 15) is 0 Å². The summed E-state index contributed by atoms with van der Waals surface area (Å²) in [6, 6.07) is 4.18. The van der Waals surface area contributed by atoms with Crippen LogP contribution in [0, 0.1) is 0 Å². The van der Waals surface area contributed by atoms with Crippen molar-refractivity contribution >= 4 is 17.1 Å². The molecule has 1 fully saturated rings. The number of rotatable bonds is 2. The molecule has 0 radical (unpaired) electrons. The van der Waals surface area contributed by atoms with Gasteiger partial charge in [0.1, 0.15) is 5.52 Å². The van der Waals surface area contributed by atoms with Crippen molar-refractivity contribution in [2.75, 3.05) is 12.8 Å². The van der Waals surface area contributed by atoms with Crippen molar-refractivity contribution in [3.8, 4) is 0 Å². The Hall–Kier alpha value is -1.62. The zero-order valence-electron chi connectivity index (χ0n) is 9.13. The molecule has 2 aromatic heterocycles. The number of aromatic nitrogens is 3. The van der Waals surface area contributed by atoms with Crippen LogP contribution < -0.4 is 5.73 Å². The Balaban J connectivity index is 2.00. The Morgan fingerprint density at radius 3 is 3.06 bits per heavy atom. The second kappa shape index (κ2) is 3.45. The predicted octanol–water partition coefficient (Wildman–Crippen LogP) is 1.36. The summed E-state index contributed by atoms with van der Waals surface area (Å²) in [5.74, 6) is 0.549. The normalized spacial score (nSPS) is 24.6. The van der Waals surface area contributed by atoms with Gasteiger partial charge in [0, 0.05) is 19.3 Å². The number of ether oxygens (including phenoxy) is 1. The van der Waals surface area contributed by atoms with E-state index in [0.29, 0.717) is 18.1 Å². The van der Waals surface area contributed by atoms with E-state index in [-0.39, 0.29) is 0 Å². The molecule has 2 N–H and O–H groups in total. The van der Waals surface area contributed by atoms with Crippen molar-refractivity contribution in [3.05, 3.63) is 18.3 Å². The maximum atomic E-state index is 5.92. The molecule has 2 heterocycles. The number of anilines is 1. The lowest BCUT2D eigenvalue weighted by Gasteiger charge is -2.35. The lowest BCUT2D eigenvalue weighted by Crippen LogP contribution is -2.33. The monoisotopic (exact) mass is 218 g/mol. The summed E-state index contributed by atoms with van der Waals surface area (Å²) in [6.07, 6.45) is 4.10. The number of hydrogen-bond donors (Lipinski definition) is 1. The summed E-state index contributed by atoms with van der Waals surface area (Å²) in [6.45, 7) is 0. The summed E-state index contributed by atoms with van der Waals surface area (Å²) in [7, 11) is 1.74. The average molecular weight is 218 g/mol. The van der Waals surface area contributed by atoms with Crippen molar-refractivity contribution in [2.24, 2.45) is 0 Å². The van der Waals surface area contributed by atoms with Crippen molar-refractivity contribution in [2.45, 2.75) is 25.0 Å². The van der Waals surface area contributed by atoms with Gasteiger partial charge >= 0.3 is 0 Å². The van der Waals surface area contributed by atoms with Crippen LogP contribution in [0.4, 0.5) is 5.95 Å². The number of imidazole rings is 1. The van der Waals surface area contributed by atoms with E-state index in [1.807, 2.05) is 16.7 Å². The lowest BCUT2D eigenvalue weighted by atomic mass is 9.89. The van der Waals surface area contributed by atoms with E-state index in [1.54, 1.807) is 13.3 Å². The second-order valence-corrected chi connectivity index (χ2v) is 4.17. The summed E-state index contributed by atoms with van der Waals surface area (Å²) in [5, 5.41) is 0. The van der Waals surface area contributed by atoms with Crippen molar-refractivity contribution < 1.29 is 4.74 Å². The van der Waals surface area contributed by atoms with Crippen LogP contribution in [-0.4, -0.2) is 27.7 Å². The molecule has 0 aliphatic heterocycles. The van der Waals surface area contributed by atoms with E-state index >= 15 is 0 Å². The zero-order valence-corrected chi connectivity index (χ0v) is 9.13. The Kier molecular flexibility index (Phi) is 2.07. The molecule has 5 heteroatoms. The van der Waals surface area contributed by atoms with Gasteiger partial charge in [-0.05, 0) is 25.0 Å². The van der Waals surface area contributed by atoms with Gasteiger partial charge in [-0.25, -0.2) is 9.97 Å². The van der Waals surface area contributed by atoms with Gasteiger partial charge in [-0.3, -0.25) is 4.57 Å². The van der Waals surface area contributed by atoms with Crippen molar-refractivity contribution in [3.63, 3.8) is 0 Å². The summed E-state index contributed by atoms with van der Waals surface area (Å²) < 4.78 is 7.29. The molecule has 0 amide bonds. The molecule has 0 saturated heterocycles. The largest absolute Gasteiger partial charge is 0.381 e. The predicted molar refractivity (Wildman–Crippen MR) is 61.0 cm³/mol. The van der Waals surface area contributed by atoms with Gasteiger partial charge in [0.25, 0.3) is 0 Å². The second-order valence-electron chi connectivity index (χ2n) is 4.17. The van der Waals surface area contributed by atoms with Crippen molar-refractivity contribution in [1.29, 1.82) is 0 Å². The maximum absolute atomic E-state index is 5.92. The van der Waals surface area contributed by atoms with Crippen LogP contribution in [0.5, 0.6) is 0 Å². The molecular weight excluding hydrogens is 204 g/mol. The molecule has 1 saturated carbocycles. The fourth-order valence-electron chi connectivity index (χ4n) is 2.25. The highest BCUT2D eigenvalue weighted by molar-refractivity contribution is 5.74. The van der Waals surface area contributed by atoms with Crippen LogP contribution in [-0.2, 0) is 4.74 Å². The van der Waals surface area contributed by atoms with Gasteiger partial charge < -0.3 is 10.5 Å². The van der Waals surface area contributed by atoms with Gasteiger partial charge in [-0.15, -0.1) is 0 Å². The van der Waals surface area contributed by atoms with Crippen LogP contribution in [0.1, 0.15) is 18.9 Å². The molecule has 84 valence electrons. The third-order valence-corrected chi connectivity index (χ3v) is 3.24. The number of fused-ring (bicyclic) bond motifs is 1. The quantitative estimate of drug-likeness (QED) is 0.826. The van der Waals surface area contributed by atoms with Crippen LogP contribution in [0.25, 0.3) is 11.2 Å². The Morgan fingerprint density at radius 1 is 1.50 bits per heavy atom. The summed E-state index contributed by atoms with van der Waals surface area (Å²) in [5.41, 5.74) is 7.66. The number of nitrogens with two attached hydrogens (primary N) is 1. The molecular formula is C11H14N4O. The first-order valence-electron chi connectivity index (χ1n) is 5.41. The van der Waals surface area contributed by atoms with Gasteiger partial charge in [-0.2, -0.15) is 0 Å². The Morgan fingerprint density at radius 2 is 2.31 bits per heavy atom. The first-order chi connectivity index (χ1) is 7.79. The highest BCUT2D eigenvalue weighted by Crippen LogP contribution is 2.37. The highest BCUT2D eigenvalue weighted by Gasteiger charge is 2.32. The van der Waals surface area contributed by atoms with Gasteiger partial charge in [0.2, 0.25) is 5.95 Å². The van der Waals surface area contributed by atoms with Crippen LogP contribution in [0.15, 0.2) is 18.3 Å². The molecule has 5 nitrogen and oxygen atoms in total. The van der Waals surface area contributed by atoms with Crippen LogP contribution in [0.3, 0.4) is 0 Å². The van der Waals surface area contributed by atoms with E-state index in [4.69, 9.17) is 10.5 Å². The number of methoxy groups -OCH3 is 1. The standard InChI is InChI=1S/C11H14N4O/c1-16-8-5-7(6-8)15-10-9(14-11(15)12)3-2-4-13-10/h2-4,7-8H,5-6H2,1H3,(H2,12,14). The minimum absolute atomic E-state index is 0.352. The highest BCUT2D eigenvalue weighted by atomic mass is 16.5. The summed E-state index contributed by atoms with van der Waals surface area (Å²) >= 11 is 0. The minimum atomic E-state index is 0.352. The first kappa shape index (κ1) is 9.59. The summed E-state index contributed by atoms with van der Waals surface area (Å²) in [4.78, 5) is 8.64. The number of pyridine rings is 1. The van der Waals surface area contributed by atoms with Crippen LogP contribution in [0.2, 0.25) is 0 Å². The lowest BCUT2D eigenvalue weighted by molar-refractivity contribution is 0.00784. The molecule has 0 unspecified atom stereocenters. The molecule has 16 heavy (non-hydrogen) atoms. The number of hydrogen-bond acceptors (Lipinski definition) is 4. The third-order valence-electron chi connectivity index (χ3n) is 3.24. The topological polar surface area (TPSA) is 66.0 Å². The van der Waals surface area contributed by atoms with E-state index < -0.39 is 0 Å². The van der Waals surface area contributed by atoms with Crippen LogP contribution >= 0.6 is 0 Å². The smallest absolute Gasteiger partial charge is 0.202 e. The Bertz CT molecular complexity index is 516. The number of nitrogens with zero attached hydrogens (tertiary/aromatic N) is 3. The maximum Gasteiger partial charge on any atom is 0.202 e. The average Bonchev–Trinajstić information content (AvgIpc) is 2.54. The SMILES string of the molecule is COC1CC(n2c(N)nc3cccnc32)C1. The molecule has 2 aromatic rings. The molecule has 0 spiro atoms.